The van der Waals surface area contributed by atoms with Gasteiger partial charge in [-0.1, -0.05) is 45.8 Å². The zero-order chi connectivity index (χ0) is 28.8. The number of aliphatic hydroxyl groups excluding tert-OH is 1. The number of fused-ring (bicyclic) bond motifs is 5. The van der Waals surface area contributed by atoms with Gasteiger partial charge in [0.15, 0.2) is 23.7 Å². The molecule has 0 aromatic heterocycles. The molecule has 3 fully saturated rings. The Morgan fingerprint density at radius 3 is 2.49 bits per heavy atom. The molecular weight excluding hydrogens is 503 g/mol. The largest absolute Gasteiger partial charge is 0.457 e. The van der Waals surface area contributed by atoms with Gasteiger partial charge in [0.1, 0.15) is 0 Å². The van der Waals surface area contributed by atoms with E-state index in [4.69, 9.17) is 9.47 Å². The molecule has 7 nitrogen and oxygen atoms in total. The molecule has 4 aliphatic rings. The second-order valence-corrected chi connectivity index (χ2v) is 12.5. The molecule has 3 saturated carbocycles. The predicted octanol–water partition coefficient (Wildman–Crippen LogP) is 4.99. The molecule has 0 unspecified atom stereocenters. The number of hydrogen-bond acceptors (Lipinski definition) is 7. The van der Waals surface area contributed by atoms with Crippen LogP contribution in [0.2, 0.25) is 0 Å². The van der Waals surface area contributed by atoms with Crippen molar-refractivity contribution in [2.45, 2.75) is 110 Å². The minimum absolute atomic E-state index is 0.102. The molecule has 0 amide bonds. The molecule has 0 aromatic carbocycles. The predicted molar refractivity (Wildman–Crippen MR) is 142 cm³/mol. The normalized spacial score (nSPS) is 40.7. The van der Waals surface area contributed by atoms with E-state index in [0.29, 0.717) is 37.7 Å². The second kappa shape index (κ2) is 10.6. The van der Waals surface area contributed by atoms with E-state index in [9.17, 15) is 24.3 Å². The van der Waals surface area contributed by atoms with Crippen LogP contribution in [0.15, 0.2) is 23.8 Å². The number of ketones is 2. The third kappa shape index (κ3) is 4.32. The van der Waals surface area contributed by atoms with Crippen molar-refractivity contribution in [2.75, 3.05) is 6.61 Å². The number of ether oxygens (including phenoxy) is 2. The summed E-state index contributed by atoms with van der Waals surface area (Å²) in [5, 5.41) is 11.7. The van der Waals surface area contributed by atoms with Crippen molar-refractivity contribution in [2.24, 2.45) is 28.6 Å². The molecule has 0 heterocycles. The van der Waals surface area contributed by atoms with Crippen molar-refractivity contribution in [1.82, 2.24) is 0 Å². The van der Waals surface area contributed by atoms with Gasteiger partial charge in [-0.05, 0) is 63.5 Å². The van der Waals surface area contributed by atoms with Crippen molar-refractivity contribution < 1.29 is 38.1 Å². The molecule has 39 heavy (non-hydrogen) atoms. The Bertz CT molecular complexity index is 1100. The van der Waals surface area contributed by atoms with Crippen LogP contribution < -0.4 is 0 Å². The first kappa shape index (κ1) is 29.6. The van der Waals surface area contributed by atoms with Crippen LogP contribution in [0.1, 0.15) is 92.4 Å². The third-order valence-corrected chi connectivity index (χ3v) is 10.4. The molecule has 0 aliphatic heterocycles. The summed E-state index contributed by atoms with van der Waals surface area (Å²) < 4.78 is 29.0. The molecular formula is C31H43FO7. The molecule has 4 rings (SSSR count). The summed E-state index contributed by atoms with van der Waals surface area (Å²) in [6.45, 7) is 8.66. The maximum atomic E-state index is 17.5. The zero-order valence-corrected chi connectivity index (χ0v) is 23.9. The number of rotatable bonds is 9. The fourth-order valence-corrected chi connectivity index (χ4v) is 8.48. The molecule has 0 bridgehead atoms. The zero-order valence-electron chi connectivity index (χ0n) is 23.9. The average molecular weight is 547 g/mol. The van der Waals surface area contributed by atoms with Gasteiger partial charge in [-0.15, -0.1) is 0 Å². The lowest BCUT2D eigenvalue weighted by atomic mass is 9.44. The van der Waals surface area contributed by atoms with E-state index >= 15 is 4.39 Å². The molecule has 8 atom stereocenters. The summed E-state index contributed by atoms with van der Waals surface area (Å²) in [7, 11) is 0. The molecule has 4 aliphatic carbocycles. The van der Waals surface area contributed by atoms with Gasteiger partial charge in [-0.2, -0.15) is 0 Å². The lowest BCUT2D eigenvalue weighted by Crippen LogP contribution is -2.70. The lowest BCUT2D eigenvalue weighted by molar-refractivity contribution is -0.228. The van der Waals surface area contributed by atoms with Crippen LogP contribution in [0, 0.1) is 28.6 Å². The smallest absolute Gasteiger partial charge is 0.306 e. The number of aliphatic hydroxyl groups is 1. The summed E-state index contributed by atoms with van der Waals surface area (Å²) in [6.07, 6.45) is 6.47. The third-order valence-electron chi connectivity index (χ3n) is 10.4. The van der Waals surface area contributed by atoms with Gasteiger partial charge in [-0.3, -0.25) is 19.2 Å². The maximum Gasteiger partial charge on any atom is 0.306 e. The van der Waals surface area contributed by atoms with Gasteiger partial charge in [0.05, 0.1) is 6.10 Å². The molecule has 1 N–H and O–H groups in total. The fourth-order valence-electron chi connectivity index (χ4n) is 8.48. The monoisotopic (exact) mass is 546 g/mol. The van der Waals surface area contributed by atoms with Gasteiger partial charge in [0.25, 0.3) is 0 Å². The molecule has 8 heteroatoms. The van der Waals surface area contributed by atoms with Crippen LogP contribution in [0.25, 0.3) is 0 Å². The highest BCUT2D eigenvalue weighted by molar-refractivity contribution is 6.01. The highest BCUT2D eigenvalue weighted by Crippen LogP contribution is 2.71. The highest BCUT2D eigenvalue weighted by Gasteiger charge is 2.77. The number of esters is 2. The van der Waals surface area contributed by atoms with Crippen molar-refractivity contribution in [3.63, 3.8) is 0 Å². The number of Topliss-reactive ketones (excluding diaryl/α,β-unsaturated/α-hetero) is 1. The van der Waals surface area contributed by atoms with Crippen LogP contribution in [0.4, 0.5) is 4.39 Å². The van der Waals surface area contributed by atoms with Crippen molar-refractivity contribution >= 4 is 23.5 Å². The van der Waals surface area contributed by atoms with Crippen LogP contribution in [0.3, 0.4) is 0 Å². The summed E-state index contributed by atoms with van der Waals surface area (Å²) in [4.78, 5) is 51.4. The molecule has 216 valence electrons. The number of hydrogen-bond donors (Lipinski definition) is 1. The van der Waals surface area contributed by atoms with E-state index in [2.05, 4.69) is 0 Å². The van der Waals surface area contributed by atoms with Crippen molar-refractivity contribution in [3.05, 3.63) is 23.8 Å². The first-order valence-electron chi connectivity index (χ1n) is 14.5. The quantitative estimate of drug-likeness (QED) is 0.406. The van der Waals surface area contributed by atoms with E-state index in [-0.39, 0.29) is 31.0 Å². The number of alkyl halides is 1. The summed E-state index contributed by atoms with van der Waals surface area (Å²) >= 11 is 0. The van der Waals surface area contributed by atoms with Crippen LogP contribution >= 0.6 is 0 Å². The fraction of sp³-hybridized carbons (Fsp3) is 0.742. The van der Waals surface area contributed by atoms with Crippen molar-refractivity contribution in [1.29, 1.82) is 0 Å². The van der Waals surface area contributed by atoms with E-state index in [1.54, 1.807) is 13.0 Å². The molecule has 0 radical (unpaired) electrons. The Hall–Kier alpha value is -2.35. The van der Waals surface area contributed by atoms with E-state index in [0.717, 1.165) is 6.42 Å². The summed E-state index contributed by atoms with van der Waals surface area (Å²) in [5.74, 6) is -3.19. The molecule has 0 spiro atoms. The van der Waals surface area contributed by atoms with Crippen molar-refractivity contribution in [3.8, 4) is 0 Å². The summed E-state index contributed by atoms with van der Waals surface area (Å²) in [6, 6.07) is 0. The Balaban J connectivity index is 1.76. The van der Waals surface area contributed by atoms with Gasteiger partial charge >= 0.3 is 11.9 Å². The van der Waals surface area contributed by atoms with E-state index < -0.39 is 64.4 Å². The number of carbonyl (C=O) groups excluding carboxylic acids is 4. The van der Waals surface area contributed by atoms with Crippen LogP contribution in [0.5, 0.6) is 0 Å². The number of carbonyl (C=O) groups is 4. The summed E-state index contributed by atoms with van der Waals surface area (Å²) in [5.41, 5.74) is -5.27. The van der Waals surface area contributed by atoms with E-state index in [1.807, 2.05) is 27.7 Å². The van der Waals surface area contributed by atoms with Gasteiger partial charge in [0, 0.05) is 35.5 Å². The first-order valence-corrected chi connectivity index (χ1v) is 14.5. The molecule has 0 saturated heterocycles. The van der Waals surface area contributed by atoms with Crippen LogP contribution in [-0.2, 0) is 28.7 Å². The Morgan fingerprint density at radius 1 is 1.10 bits per heavy atom. The van der Waals surface area contributed by atoms with Gasteiger partial charge < -0.3 is 14.6 Å². The minimum Gasteiger partial charge on any atom is -0.457 e. The first-order chi connectivity index (χ1) is 18.3. The molecule has 0 aromatic rings. The Labute approximate surface area is 230 Å². The van der Waals surface area contributed by atoms with Gasteiger partial charge in [0.2, 0.25) is 5.78 Å². The van der Waals surface area contributed by atoms with Gasteiger partial charge in [-0.25, -0.2) is 4.39 Å². The SMILES string of the molecule is CCCCC(=O)O[C@@]1(C(=O)COC(=O)CCC)[C@H](C)C[C@H]2[C@@H]3CCC4=CC(=O)C=C[C@]4(C)[C@@]3(F)[C@@H](O)C[C@@]21C. The Morgan fingerprint density at radius 2 is 1.82 bits per heavy atom. The number of allylic oxidation sites excluding steroid dienone is 4. The highest BCUT2D eigenvalue weighted by atomic mass is 19.1. The minimum atomic E-state index is -2.06. The standard InChI is InChI=1S/C31H43FO7/c1-6-8-10-27(37)39-31(25(35)18-38-26(36)9-7-2)19(3)15-23-22-12-11-20-16-21(33)13-14-28(20,4)30(22,32)24(34)17-29(23,31)5/h13-14,16,19,22-24,34H,6-12,15,17-18H2,1-5H3/t19-,22+,23+,24+,28+,29+,30+,31-/m1/s1. The lowest BCUT2D eigenvalue weighted by Gasteiger charge is -2.62. The van der Waals surface area contributed by atoms with Crippen LogP contribution in [-0.4, -0.2) is 52.6 Å². The number of unbranched alkanes of at least 4 members (excludes halogenated alkanes) is 1. The maximum absolute atomic E-state index is 17.5. The average Bonchev–Trinajstić information content (AvgIpc) is 3.09. The number of halogens is 1. The topological polar surface area (TPSA) is 107 Å². The van der Waals surface area contributed by atoms with E-state index in [1.165, 1.54) is 12.2 Å². The Kier molecular flexibility index (Phi) is 8.03. The second-order valence-electron chi connectivity index (χ2n) is 12.5.